The van der Waals surface area contributed by atoms with Crippen molar-refractivity contribution in [3.05, 3.63) is 76.4 Å². The summed E-state index contributed by atoms with van der Waals surface area (Å²) in [6, 6.07) is 14.7. The Morgan fingerprint density at radius 3 is 2.24 bits per heavy atom. The highest BCUT2D eigenvalue weighted by Gasteiger charge is 2.46. The minimum Gasteiger partial charge on any atom is -0.507 e. The van der Waals surface area contributed by atoms with Crippen molar-refractivity contribution in [1.29, 1.82) is 0 Å². The largest absolute Gasteiger partial charge is 0.507 e. The Balaban J connectivity index is 1.73. The highest BCUT2D eigenvalue weighted by atomic mass is 16.5. The number of carbonyl (C=O) groups excluding carboxylic acids is 2. The number of aliphatic hydroxyl groups excluding tert-OH is 1. The summed E-state index contributed by atoms with van der Waals surface area (Å²) >= 11 is 0. The predicted octanol–water partition coefficient (Wildman–Crippen LogP) is 3.87. The number of ketones is 1. The number of nitrogens with zero attached hydrogens (tertiary/aromatic N) is 2. The summed E-state index contributed by atoms with van der Waals surface area (Å²) in [4.78, 5) is 30.1. The number of aryl methyl sites for hydroxylation is 1. The van der Waals surface area contributed by atoms with Gasteiger partial charge in [0.1, 0.15) is 5.76 Å². The number of rotatable bonds is 6. The number of amides is 1. The van der Waals surface area contributed by atoms with Gasteiger partial charge in [-0.25, -0.2) is 0 Å². The van der Waals surface area contributed by atoms with Gasteiger partial charge in [0.15, 0.2) is 0 Å². The Kier molecular flexibility index (Phi) is 6.96. The van der Waals surface area contributed by atoms with E-state index in [2.05, 4.69) is 18.7 Å². The molecule has 1 N–H and O–H groups in total. The van der Waals surface area contributed by atoms with Gasteiger partial charge in [-0.1, -0.05) is 67.9 Å². The molecular formula is C27H32N2O4. The van der Waals surface area contributed by atoms with Gasteiger partial charge in [0, 0.05) is 31.7 Å². The van der Waals surface area contributed by atoms with Gasteiger partial charge < -0.3 is 14.7 Å². The molecule has 0 unspecified atom stereocenters. The third kappa shape index (κ3) is 4.87. The molecule has 6 nitrogen and oxygen atoms in total. The maximum absolute atomic E-state index is 13.2. The van der Waals surface area contributed by atoms with Crippen molar-refractivity contribution < 1.29 is 19.4 Å². The van der Waals surface area contributed by atoms with E-state index < -0.39 is 17.7 Å². The zero-order chi connectivity index (χ0) is 23.5. The summed E-state index contributed by atoms with van der Waals surface area (Å²) in [5.41, 5.74) is 3.76. The quantitative estimate of drug-likeness (QED) is 0.413. The van der Waals surface area contributed by atoms with Crippen LogP contribution in [0.3, 0.4) is 0 Å². The van der Waals surface area contributed by atoms with Crippen LogP contribution in [0.25, 0.3) is 5.76 Å². The van der Waals surface area contributed by atoms with Crippen molar-refractivity contribution in [2.24, 2.45) is 0 Å². The van der Waals surface area contributed by atoms with Crippen LogP contribution in [0.5, 0.6) is 0 Å². The van der Waals surface area contributed by atoms with Gasteiger partial charge in [-0.3, -0.25) is 14.5 Å². The molecule has 6 heteroatoms. The van der Waals surface area contributed by atoms with Crippen LogP contribution in [-0.4, -0.2) is 66.0 Å². The molecule has 2 aromatic carbocycles. The number of Topliss-reactive ketones (excluding diaryl/α,β-unsaturated/α-hetero) is 1. The number of likely N-dealkylation sites (tertiary alicyclic amines) is 1. The lowest BCUT2D eigenvalue weighted by atomic mass is 9.93. The minimum absolute atomic E-state index is 0.125. The Morgan fingerprint density at radius 1 is 1.00 bits per heavy atom. The molecule has 2 saturated heterocycles. The van der Waals surface area contributed by atoms with Crippen molar-refractivity contribution in [3.63, 3.8) is 0 Å². The Bertz CT molecular complexity index is 1030. The SMILES string of the molecule is Cc1ccc(/C(O)=C2\C(=O)C(=O)N(CCN3CCOCC3)[C@H]2c2ccc(C(C)C)cc2)cc1. The van der Waals surface area contributed by atoms with Crippen molar-refractivity contribution in [3.8, 4) is 0 Å². The third-order valence-corrected chi connectivity index (χ3v) is 6.54. The first kappa shape index (κ1) is 23.2. The molecule has 0 radical (unpaired) electrons. The fraction of sp³-hybridized carbons (Fsp3) is 0.407. The molecule has 2 heterocycles. The summed E-state index contributed by atoms with van der Waals surface area (Å²) < 4.78 is 5.42. The zero-order valence-corrected chi connectivity index (χ0v) is 19.6. The fourth-order valence-electron chi connectivity index (χ4n) is 4.46. The number of hydrogen-bond donors (Lipinski definition) is 1. The van der Waals surface area contributed by atoms with E-state index in [0.717, 1.165) is 24.2 Å². The molecule has 174 valence electrons. The van der Waals surface area contributed by atoms with E-state index in [1.165, 1.54) is 5.56 Å². The lowest BCUT2D eigenvalue weighted by molar-refractivity contribution is -0.140. The van der Waals surface area contributed by atoms with E-state index in [-0.39, 0.29) is 11.3 Å². The molecule has 2 aliphatic heterocycles. The number of hydrogen-bond acceptors (Lipinski definition) is 5. The lowest BCUT2D eigenvalue weighted by Crippen LogP contribution is -2.42. The van der Waals surface area contributed by atoms with E-state index in [4.69, 9.17) is 4.74 Å². The summed E-state index contributed by atoms with van der Waals surface area (Å²) in [6.45, 7) is 10.2. The molecule has 0 bridgehead atoms. The molecule has 1 amide bonds. The summed E-state index contributed by atoms with van der Waals surface area (Å²) in [5, 5.41) is 11.2. The molecule has 1 atom stereocenters. The number of aliphatic hydroxyl groups is 1. The number of morpholine rings is 1. The minimum atomic E-state index is -0.631. The molecule has 0 spiro atoms. The molecule has 2 aliphatic rings. The van der Waals surface area contributed by atoms with Crippen molar-refractivity contribution in [1.82, 2.24) is 9.80 Å². The average Bonchev–Trinajstić information content (AvgIpc) is 3.08. The smallest absolute Gasteiger partial charge is 0.295 e. The van der Waals surface area contributed by atoms with Crippen LogP contribution >= 0.6 is 0 Å². The number of carbonyl (C=O) groups is 2. The molecule has 2 aromatic rings. The standard InChI is InChI=1S/C27H32N2O4/c1-18(2)20-8-10-21(11-9-20)24-23(25(30)22-6-4-19(3)5-7-22)26(31)27(32)29(24)13-12-28-14-16-33-17-15-28/h4-11,18,24,30H,12-17H2,1-3H3/b25-23+/t24-/m0/s1. The second-order valence-corrected chi connectivity index (χ2v) is 9.13. The van der Waals surface area contributed by atoms with Gasteiger partial charge in [-0.15, -0.1) is 0 Å². The second-order valence-electron chi connectivity index (χ2n) is 9.13. The van der Waals surface area contributed by atoms with Crippen LogP contribution in [-0.2, 0) is 14.3 Å². The van der Waals surface area contributed by atoms with Gasteiger partial charge >= 0.3 is 0 Å². The van der Waals surface area contributed by atoms with Gasteiger partial charge in [0.25, 0.3) is 11.7 Å². The van der Waals surface area contributed by atoms with Crippen molar-refractivity contribution in [2.75, 3.05) is 39.4 Å². The average molecular weight is 449 g/mol. The highest BCUT2D eigenvalue weighted by molar-refractivity contribution is 6.46. The van der Waals surface area contributed by atoms with E-state index >= 15 is 0 Å². The summed E-state index contributed by atoms with van der Waals surface area (Å²) in [7, 11) is 0. The first-order valence-electron chi connectivity index (χ1n) is 11.6. The third-order valence-electron chi connectivity index (χ3n) is 6.54. The predicted molar refractivity (Wildman–Crippen MR) is 128 cm³/mol. The zero-order valence-electron chi connectivity index (χ0n) is 19.6. The molecule has 0 saturated carbocycles. The topological polar surface area (TPSA) is 70.1 Å². The van der Waals surface area contributed by atoms with Crippen molar-refractivity contribution in [2.45, 2.75) is 32.7 Å². The molecule has 2 fully saturated rings. The van der Waals surface area contributed by atoms with Crippen LogP contribution in [0.2, 0.25) is 0 Å². The number of benzene rings is 2. The van der Waals surface area contributed by atoms with E-state index in [0.29, 0.717) is 37.8 Å². The Hall–Kier alpha value is -2.96. The van der Waals surface area contributed by atoms with Gasteiger partial charge in [0.2, 0.25) is 0 Å². The molecule has 4 rings (SSSR count). The van der Waals surface area contributed by atoms with Gasteiger partial charge in [0.05, 0.1) is 24.8 Å². The van der Waals surface area contributed by atoms with Crippen LogP contribution in [0.15, 0.2) is 54.1 Å². The van der Waals surface area contributed by atoms with Gasteiger partial charge in [-0.2, -0.15) is 0 Å². The maximum Gasteiger partial charge on any atom is 0.295 e. The van der Waals surface area contributed by atoms with Crippen molar-refractivity contribution >= 4 is 17.4 Å². The summed E-state index contributed by atoms with van der Waals surface area (Å²) in [6.07, 6.45) is 0. The number of ether oxygens (including phenoxy) is 1. The monoisotopic (exact) mass is 448 g/mol. The molecular weight excluding hydrogens is 416 g/mol. The Labute approximate surface area is 195 Å². The van der Waals surface area contributed by atoms with Gasteiger partial charge in [-0.05, 0) is 24.0 Å². The van der Waals surface area contributed by atoms with E-state index in [1.807, 2.05) is 43.3 Å². The van der Waals surface area contributed by atoms with Crippen LogP contribution in [0.4, 0.5) is 0 Å². The molecule has 0 aromatic heterocycles. The fourth-order valence-corrected chi connectivity index (χ4v) is 4.46. The summed E-state index contributed by atoms with van der Waals surface area (Å²) in [5.74, 6) is -0.942. The van der Waals surface area contributed by atoms with Crippen LogP contribution < -0.4 is 0 Å². The highest BCUT2D eigenvalue weighted by Crippen LogP contribution is 2.39. The normalized spacial score (nSPS) is 21.2. The van der Waals surface area contributed by atoms with E-state index in [1.54, 1.807) is 17.0 Å². The maximum atomic E-state index is 13.2. The molecule has 0 aliphatic carbocycles. The first-order valence-corrected chi connectivity index (χ1v) is 11.6. The molecule has 33 heavy (non-hydrogen) atoms. The van der Waals surface area contributed by atoms with Crippen LogP contribution in [0.1, 0.15) is 48.1 Å². The van der Waals surface area contributed by atoms with Crippen LogP contribution in [0, 0.1) is 6.92 Å². The second kappa shape index (κ2) is 9.89. The Morgan fingerprint density at radius 2 is 1.64 bits per heavy atom. The lowest BCUT2D eigenvalue weighted by Gasteiger charge is -2.31. The first-order chi connectivity index (χ1) is 15.9. The van der Waals surface area contributed by atoms with E-state index in [9.17, 15) is 14.7 Å².